The van der Waals surface area contributed by atoms with Crippen molar-refractivity contribution in [2.75, 3.05) is 5.75 Å². The summed E-state index contributed by atoms with van der Waals surface area (Å²) in [5.41, 5.74) is 5.24. The number of rotatable bonds is 3. The fraction of sp³-hybridized carbons (Fsp3) is 0.846. The van der Waals surface area contributed by atoms with Crippen LogP contribution in [0.5, 0.6) is 0 Å². The molecule has 4 atom stereocenters. The van der Waals surface area contributed by atoms with Crippen LogP contribution in [0, 0.1) is 28.6 Å². The fourth-order valence-electron chi connectivity index (χ4n) is 2.60. The van der Waals surface area contributed by atoms with Crippen molar-refractivity contribution in [3.63, 3.8) is 0 Å². The van der Waals surface area contributed by atoms with Gasteiger partial charge in [0.15, 0.2) is 0 Å². The highest BCUT2D eigenvalue weighted by Crippen LogP contribution is 2.41. The molecule has 0 bridgehead atoms. The number of amides is 1. The molecule has 0 heterocycles. The number of primary amides is 1. The maximum absolute atomic E-state index is 12.1. The van der Waals surface area contributed by atoms with E-state index >= 15 is 0 Å². The summed E-state index contributed by atoms with van der Waals surface area (Å²) in [5, 5.41) is 8.93. The summed E-state index contributed by atoms with van der Waals surface area (Å²) in [6.07, 6.45) is 2.52. The number of carbonyl (C=O) groups is 1. The molecule has 4 nitrogen and oxygen atoms in total. The number of nitrogens with zero attached hydrogens (tertiary/aromatic N) is 1. The van der Waals surface area contributed by atoms with Crippen LogP contribution in [0.2, 0.25) is 0 Å². The maximum Gasteiger partial charge on any atom is 0.230 e. The van der Waals surface area contributed by atoms with Crippen molar-refractivity contribution in [1.29, 1.82) is 5.26 Å². The maximum atomic E-state index is 12.1. The Labute approximate surface area is 111 Å². The van der Waals surface area contributed by atoms with Gasteiger partial charge in [0, 0.05) is 10.8 Å². The zero-order valence-electron chi connectivity index (χ0n) is 11.3. The first-order valence-corrected chi connectivity index (χ1v) is 7.69. The van der Waals surface area contributed by atoms with E-state index in [0.29, 0.717) is 5.92 Å². The lowest BCUT2D eigenvalue weighted by Gasteiger charge is -2.39. The van der Waals surface area contributed by atoms with Gasteiger partial charge in [0.1, 0.15) is 5.75 Å². The Morgan fingerprint density at radius 1 is 1.44 bits per heavy atom. The number of nitrogens with two attached hydrogens (primary N) is 1. The van der Waals surface area contributed by atoms with E-state index in [9.17, 15) is 9.00 Å². The molecule has 1 amide bonds. The summed E-state index contributed by atoms with van der Waals surface area (Å²) >= 11 is 0. The van der Waals surface area contributed by atoms with E-state index in [2.05, 4.69) is 26.8 Å². The van der Waals surface area contributed by atoms with Gasteiger partial charge < -0.3 is 5.73 Å². The standard InChI is InChI=1S/C13H22N2O2S/c1-13(2,3)10-5-4-9(7-14)11(6-10)18(17)8-12(15)16/h9-11H,4-6,8H2,1-3H3,(H2,15,16). The number of hydrogen-bond acceptors (Lipinski definition) is 3. The normalized spacial score (nSPS) is 30.4. The summed E-state index contributed by atoms with van der Waals surface area (Å²) in [7, 11) is -1.32. The summed E-state index contributed by atoms with van der Waals surface area (Å²) in [6, 6.07) is 2.23. The molecule has 1 rings (SSSR count). The molecule has 5 heteroatoms. The molecule has 0 aromatic rings. The molecule has 1 aliphatic carbocycles. The van der Waals surface area contributed by atoms with Crippen LogP contribution in [-0.4, -0.2) is 21.1 Å². The minimum absolute atomic E-state index is 0.125. The van der Waals surface area contributed by atoms with Gasteiger partial charge in [0.2, 0.25) is 5.91 Å². The third-order valence-corrected chi connectivity index (χ3v) is 5.57. The van der Waals surface area contributed by atoms with E-state index in [-0.39, 0.29) is 22.3 Å². The monoisotopic (exact) mass is 270 g/mol. The smallest absolute Gasteiger partial charge is 0.230 e. The van der Waals surface area contributed by atoms with Gasteiger partial charge in [-0.05, 0) is 30.6 Å². The van der Waals surface area contributed by atoms with Gasteiger partial charge in [-0.1, -0.05) is 20.8 Å². The molecule has 4 unspecified atom stereocenters. The fourth-order valence-corrected chi connectivity index (χ4v) is 4.11. The number of nitriles is 1. The van der Waals surface area contributed by atoms with Gasteiger partial charge >= 0.3 is 0 Å². The molecule has 18 heavy (non-hydrogen) atoms. The molecule has 1 saturated carbocycles. The lowest BCUT2D eigenvalue weighted by Crippen LogP contribution is -2.39. The Kier molecular flexibility index (Phi) is 4.92. The third-order valence-electron chi connectivity index (χ3n) is 3.80. The Morgan fingerprint density at radius 3 is 2.50 bits per heavy atom. The average Bonchev–Trinajstić information content (AvgIpc) is 2.26. The molecular weight excluding hydrogens is 248 g/mol. The van der Waals surface area contributed by atoms with Crippen LogP contribution in [0.25, 0.3) is 0 Å². The first-order chi connectivity index (χ1) is 8.25. The van der Waals surface area contributed by atoms with Crippen LogP contribution in [0.4, 0.5) is 0 Å². The van der Waals surface area contributed by atoms with Gasteiger partial charge in [-0.2, -0.15) is 5.26 Å². The average molecular weight is 270 g/mol. The minimum Gasteiger partial charge on any atom is -0.369 e. The second kappa shape index (κ2) is 5.83. The van der Waals surface area contributed by atoms with E-state index in [4.69, 9.17) is 11.0 Å². The van der Waals surface area contributed by atoms with Crippen LogP contribution >= 0.6 is 0 Å². The zero-order chi connectivity index (χ0) is 13.9. The Hall–Kier alpha value is -0.890. The van der Waals surface area contributed by atoms with Crippen LogP contribution < -0.4 is 5.73 Å². The first kappa shape index (κ1) is 15.2. The van der Waals surface area contributed by atoms with Crippen molar-refractivity contribution in [3.8, 4) is 6.07 Å². The van der Waals surface area contributed by atoms with Crippen molar-refractivity contribution < 1.29 is 9.00 Å². The topological polar surface area (TPSA) is 83.9 Å². The minimum atomic E-state index is -1.32. The van der Waals surface area contributed by atoms with E-state index in [1.165, 1.54) is 0 Å². The Bertz CT molecular complexity index is 381. The van der Waals surface area contributed by atoms with Gasteiger partial charge in [-0.15, -0.1) is 0 Å². The number of hydrogen-bond donors (Lipinski definition) is 1. The molecule has 1 fully saturated rings. The lowest BCUT2D eigenvalue weighted by atomic mass is 9.70. The summed E-state index contributed by atoms with van der Waals surface area (Å²) < 4.78 is 12.1. The van der Waals surface area contributed by atoms with E-state index in [1.54, 1.807) is 0 Å². The molecular formula is C13H22N2O2S. The largest absolute Gasteiger partial charge is 0.369 e. The summed E-state index contributed by atoms with van der Waals surface area (Å²) in [6.45, 7) is 6.50. The van der Waals surface area contributed by atoms with E-state index in [0.717, 1.165) is 19.3 Å². The van der Waals surface area contributed by atoms with Crippen molar-refractivity contribution in [3.05, 3.63) is 0 Å². The third kappa shape index (κ3) is 3.81. The van der Waals surface area contributed by atoms with Crippen molar-refractivity contribution in [1.82, 2.24) is 0 Å². The molecule has 102 valence electrons. The highest BCUT2D eigenvalue weighted by Gasteiger charge is 2.38. The van der Waals surface area contributed by atoms with Gasteiger partial charge in [0.05, 0.1) is 17.2 Å². The van der Waals surface area contributed by atoms with Crippen molar-refractivity contribution in [2.24, 2.45) is 23.0 Å². The molecule has 0 saturated heterocycles. The van der Waals surface area contributed by atoms with Gasteiger partial charge in [-0.25, -0.2) is 0 Å². The Balaban J connectivity index is 2.80. The SMILES string of the molecule is CC(C)(C)C1CCC(C#N)C(S(=O)CC(N)=O)C1. The Morgan fingerprint density at radius 2 is 2.06 bits per heavy atom. The highest BCUT2D eigenvalue weighted by atomic mass is 32.2. The van der Waals surface area contributed by atoms with Crippen LogP contribution in [0.15, 0.2) is 0 Å². The van der Waals surface area contributed by atoms with Crippen molar-refractivity contribution in [2.45, 2.75) is 45.3 Å². The van der Waals surface area contributed by atoms with Crippen LogP contribution in [-0.2, 0) is 15.6 Å². The molecule has 2 N–H and O–H groups in total. The van der Waals surface area contributed by atoms with Gasteiger partial charge in [0.25, 0.3) is 0 Å². The second-order valence-corrected chi connectivity index (χ2v) is 7.80. The number of carbonyl (C=O) groups excluding carboxylic acids is 1. The quantitative estimate of drug-likeness (QED) is 0.845. The van der Waals surface area contributed by atoms with E-state index < -0.39 is 16.7 Å². The van der Waals surface area contributed by atoms with Crippen LogP contribution in [0.3, 0.4) is 0 Å². The molecule has 0 radical (unpaired) electrons. The zero-order valence-corrected chi connectivity index (χ0v) is 12.1. The molecule has 0 aromatic carbocycles. The van der Waals surface area contributed by atoms with E-state index in [1.807, 2.05) is 0 Å². The summed E-state index contributed by atoms with van der Waals surface area (Å²) in [5.74, 6) is -0.435. The predicted molar refractivity (Wildman–Crippen MR) is 71.9 cm³/mol. The summed E-state index contributed by atoms with van der Waals surface area (Å²) in [4.78, 5) is 10.9. The predicted octanol–water partition coefficient (Wildman–Crippen LogP) is 1.57. The van der Waals surface area contributed by atoms with Crippen molar-refractivity contribution >= 4 is 16.7 Å². The van der Waals surface area contributed by atoms with Crippen LogP contribution in [0.1, 0.15) is 40.0 Å². The molecule has 1 aliphatic rings. The highest BCUT2D eigenvalue weighted by molar-refractivity contribution is 7.86. The lowest BCUT2D eigenvalue weighted by molar-refractivity contribution is -0.115. The second-order valence-electron chi connectivity index (χ2n) is 6.14. The molecule has 0 spiro atoms. The molecule has 0 aromatic heterocycles. The van der Waals surface area contributed by atoms with Gasteiger partial charge in [-0.3, -0.25) is 9.00 Å². The molecule has 0 aliphatic heterocycles. The first-order valence-electron chi connectivity index (χ1n) is 6.30.